The predicted molar refractivity (Wildman–Crippen MR) is 109 cm³/mol. The first kappa shape index (κ1) is 18.2. The first-order valence-corrected chi connectivity index (χ1v) is 10.0. The number of thiophene rings is 1. The Balaban J connectivity index is 1.59. The summed E-state index contributed by atoms with van der Waals surface area (Å²) in [6, 6.07) is 17.0. The van der Waals surface area contributed by atoms with Gasteiger partial charge < -0.3 is 4.42 Å². The fraction of sp³-hybridized carbons (Fsp3) is 0.0526. The maximum atomic E-state index is 10.7. The van der Waals surface area contributed by atoms with Gasteiger partial charge >= 0.3 is 5.88 Å². The van der Waals surface area contributed by atoms with E-state index in [2.05, 4.69) is 26.9 Å². The molecule has 4 aromatic rings. The Hall–Kier alpha value is -3.17. The van der Waals surface area contributed by atoms with Crippen molar-refractivity contribution in [3.63, 3.8) is 0 Å². The van der Waals surface area contributed by atoms with Crippen LogP contribution in [0.3, 0.4) is 0 Å². The molecule has 0 aliphatic carbocycles. The first-order chi connectivity index (χ1) is 13.7. The predicted octanol–water partition coefficient (Wildman–Crippen LogP) is 5.32. The van der Waals surface area contributed by atoms with E-state index in [0.717, 1.165) is 21.4 Å². The molecule has 7 nitrogen and oxygen atoms in total. The van der Waals surface area contributed by atoms with Crippen molar-refractivity contribution in [1.82, 2.24) is 14.8 Å². The highest BCUT2D eigenvalue weighted by molar-refractivity contribution is 8.02. The summed E-state index contributed by atoms with van der Waals surface area (Å²) in [5.74, 6) is 0.937. The summed E-state index contributed by atoms with van der Waals surface area (Å²) >= 11 is 2.99. The molecule has 3 aromatic heterocycles. The van der Waals surface area contributed by atoms with Crippen LogP contribution in [-0.4, -0.2) is 19.7 Å². The molecule has 0 spiro atoms. The van der Waals surface area contributed by atoms with Crippen molar-refractivity contribution in [2.75, 3.05) is 0 Å². The zero-order valence-corrected chi connectivity index (χ0v) is 16.1. The monoisotopic (exact) mass is 410 g/mol. The fourth-order valence-electron chi connectivity index (χ4n) is 2.56. The molecule has 4 rings (SSSR count). The second-order valence-electron chi connectivity index (χ2n) is 5.71. The number of hydrogen-bond acceptors (Lipinski definition) is 7. The molecule has 3 heterocycles. The maximum Gasteiger partial charge on any atom is 0.433 e. The number of thioether (sulfide) groups is 1. The van der Waals surface area contributed by atoms with Gasteiger partial charge in [-0.15, -0.1) is 21.5 Å². The van der Waals surface area contributed by atoms with Crippen LogP contribution in [0.2, 0.25) is 0 Å². The van der Waals surface area contributed by atoms with Crippen molar-refractivity contribution in [3.8, 4) is 10.7 Å². The topological polar surface area (TPSA) is 87.0 Å². The van der Waals surface area contributed by atoms with Crippen LogP contribution in [0.1, 0.15) is 11.3 Å². The lowest BCUT2D eigenvalue weighted by atomic mass is 10.2. The number of rotatable bonds is 7. The molecule has 0 unspecified atom stereocenters. The minimum atomic E-state index is -0.561. The van der Waals surface area contributed by atoms with Gasteiger partial charge in [0.05, 0.1) is 17.5 Å². The zero-order valence-electron chi connectivity index (χ0n) is 14.5. The molecule has 0 N–H and O–H groups in total. The number of benzene rings is 1. The Kier molecular flexibility index (Phi) is 5.36. The number of aromatic nitrogens is 3. The van der Waals surface area contributed by atoms with Crippen LogP contribution in [-0.2, 0) is 6.54 Å². The average Bonchev–Trinajstić information content (AvgIpc) is 3.44. The van der Waals surface area contributed by atoms with E-state index in [-0.39, 0.29) is 5.88 Å². The first-order valence-electron chi connectivity index (χ1n) is 8.29. The fourth-order valence-corrected chi connectivity index (χ4v) is 3.97. The summed E-state index contributed by atoms with van der Waals surface area (Å²) in [6.07, 6.45) is 1.67. The van der Waals surface area contributed by atoms with E-state index in [1.165, 1.54) is 17.8 Å². The summed E-state index contributed by atoms with van der Waals surface area (Å²) in [4.78, 5) is 11.2. The Morgan fingerprint density at radius 1 is 1.14 bits per heavy atom. The highest BCUT2D eigenvalue weighted by atomic mass is 32.2. The standard InChI is InChI=1S/C19H14N4O3S2/c24-23(25)17-9-8-15(26-17)10-12-28-19-21-20-18(16-7-4-11-27-16)22(19)13-14-5-2-1-3-6-14/h1-12H,13H2/b12-10+. The molecule has 0 saturated carbocycles. The van der Waals surface area contributed by atoms with Gasteiger partial charge in [-0.3, -0.25) is 14.7 Å². The molecule has 9 heteroatoms. The smallest absolute Gasteiger partial charge is 0.401 e. The highest BCUT2D eigenvalue weighted by Crippen LogP contribution is 2.29. The van der Waals surface area contributed by atoms with E-state index in [1.807, 2.05) is 35.7 Å². The molecule has 0 atom stereocenters. The van der Waals surface area contributed by atoms with Crippen LogP contribution in [0.5, 0.6) is 0 Å². The molecule has 0 bridgehead atoms. The minimum Gasteiger partial charge on any atom is -0.401 e. The molecule has 0 amide bonds. The lowest BCUT2D eigenvalue weighted by Crippen LogP contribution is -2.03. The van der Waals surface area contributed by atoms with Crippen molar-refractivity contribution in [1.29, 1.82) is 0 Å². The van der Waals surface area contributed by atoms with Gasteiger partial charge in [-0.05, 0) is 34.6 Å². The Labute approximate surface area is 168 Å². The minimum absolute atomic E-state index is 0.281. The maximum absolute atomic E-state index is 10.7. The molecule has 0 radical (unpaired) electrons. The summed E-state index contributed by atoms with van der Waals surface area (Å²) in [5.41, 5.74) is 1.15. The van der Waals surface area contributed by atoms with Gasteiger partial charge in [0.25, 0.3) is 0 Å². The number of furan rings is 1. The van der Waals surface area contributed by atoms with E-state index in [4.69, 9.17) is 4.42 Å². The highest BCUT2D eigenvalue weighted by Gasteiger charge is 2.15. The van der Waals surface area contributed by atoms with Gasteiger partial charge in [-0.25, -0.2) is 0 Å². The molecule has 140 valence electrons. The normalized spacial score (nSPS) is 11.3. The molecule has 0 fully saturated rings. The quantitative estimate of drug-likeness (QED) is 0.233. The van der Waals surface area contributed by atoms with E-state index in [1.54, 1.807) is 28.9 Å². The van der Waals surface area contributed by atoms with Gasteiger partial charge in [0, 0.05) is 0 Å². The van der Waals surface area contributed by atoms with E-state index >= 15 is 0 Å². The molecule has 28 heavy (non-hydrogen) atoms. The second kappa shape index (κ2) is 8.24. The molecule has 0 saturated heterocycles. The van der Waals surface area contributed by atoms with Crippen molar-refractivity contribution < 1.29 is 9.34 Å². The molecule has 0 aliphatic rings. The van der Waals surface area contributed by atoms with Crippen LogP contribution >= 0.6 is 23.1 Å². The number of nitro groups is 1. The van der Waals surface area contributed by atoms with Gasteiger partial charge in [-0.1, -0.05) is 48.2 Å². The Morgan fingerprint density at radius 3 is 2.71 bits per heavy atom. The van der Waals surface area contributed by atoms with Crippen molar-refractivity contribution >= 4 is 35.1 Å². The van der Waals surface area contributed by atoms with Crippen LogP contribution in [0, 0.1) is 10.1 Å². The van der Waals surface area contributed by atoms with Crippen molar-refractivity contribution in [3.05, 3.63) is 86.8 Å². The molecular formula is C19H14N4O3S2. The molecule has 1 aromatic carbocycles. The number of hydrogen-bond donors (Lipinski definition) is 0. The van der Waals surface area contributed by atoms with Crippen LogP contribution in [0.15, 0.2) is 75.0 Å². The van der Waals surface area contributed by atoms with E-state index in [0.29, 0.717) is 12.3 Å². The third-order valence-corrected chi connectivity index (χ3v) is 5.49. The average molecular weight is 410 g/mol. The summed E-state index contributed by atoms with van der Waals surface area (Å²) < 4.78 is 7.19. The largest absolute Gasteiger partial charge is 0.433 e. The summed E-state index contributed by atoms with van der Waals surface area (Å²) in [6.45, 7) is 0.642. The lowest BCUT2D eigenvalue weighted by molar-refractivity contribution is -0.402. The van der Waals surface area contributed by atoms with Gasteiger partial charge in [0.1, 0.15) is 10.7 Å². The lowest BCUT2D eigenvalue weighted by Gasteiger charge is -2.08. The van der Waals surface area contributed by atoms with Crippen LogP contribution < -0.4 is 0 Å². The zero-order chi connectivity index (χ0) is 19.3. The second-order valence-corrected chi connectivity index (χ2v) is 7.53. The van der Waals surface area contributed by atoms with Crippen molar-refractivity contribution in [2.45, 2.75) is 11.7 Å². The van der Waals surface area contributed by atoms with E-state index in [9.17, 15) is 10.1 Å². The third kappa shape index (κ3) is 4.05. The Morgan fingerprint density at radius 2 is 2.00 bits per heavy atom. The van der Waals surface area contributed by atoms with E-state index < -0.39 is 4.92 Å². The Bertz CT molecular complexity index is 1100. The van der Waals surface area contributed by atoms with Crippen LogP contribution in [0.25, 0.3) is 16.8 Å². The van der Waals surface area contributed by atoms with Gasteiger partial charge in [0.15, 0.2) is 11.0 Å². The summed E-state index contributed by atoms with van der Waals surface area (Å²) in [7, 11) is 0. The van der Waals surface area contributed by atoms with Crippen molar-refractivity contribution in [2.24, 2.45) is 0 Å². The molecular weight excluding hydrogens is 396 g/mol. The third-order valence-electron chi connectivity index (χ3n) is 3.84. The van der Waals surface area contributed by atoms with Gasteiger partial charge in [-0.2, -0.15) is 0 Å². The number of nitrogens with zero attached hydrogens (tertiary/aromatic N) is 4. The SMILES string of the molecule is O=[N+]([O-])c1ccc(/C=C/Sc2nnc(-c3cccs3)n2Cc2ccccc2)o1. The van der Waals surface area contributed by atoms with Gasteiger partial charge in [0.2, 0.25) is 0 Å². The summed E-state index contributed by atoms with van der Waals surface area (Å²) in [5, 5.41) is 23.9. The molecule has 0 aliphatic heterocycles. The van der Waals surface area contributed by atoms with Crippen LogP contribution in [0.4, 0.5) is 5.88 Å².